The van der Waals surface area contributed by atoms with E-state index in [9.17, 15) is 31.5 Å². The quantitative estimate of drug-likeness (QED) is 0.467. The Bertz CT molecular complexity index is 1050. The Kier molecular flexibility index (Phi) is 6.43. The number of phenolic OH excluding ortho intramolecular Hbond substituents is 1. The first-order chi connectivity index (χ1) is 14.5. The molecule has 1 fully saturated rings. The summed E-state index contributed by atoms with van der Waals surface area (Å²) in [5, 5.41) is 18.7. The third kappa shape index (κ3) is 4.92. The summed E-state index contributed by atoms with van der Waals surface area (Å²) in [6.45, 7) is 0.0625. The molecule has 3 N–H and O–H groups in total. The van der Waals surface area contributed by atoms with Crippen LogP contribution in [0.15, 0.2) is 47.4 Å². The van der Waals surface area contributed by atoms with Gasteiger partial charge in [-0.15, -0.1) is 0 Å². The van der Waals surface area contributed by atoms with Crippen molar-refractivity contribution in [3.8, 4) is 11.5 Å². The van der Waals surface area contributed by atoms with Crippen molar-refractivity contribution in [3.05, 3.63) is 53.6 Å². The Balaban J connectivity index is 1.70. The fourth-order valence-corrected chi connectivity index (χ4v) is 4.94. The Labute approximate surface area is 175 Å². The van der Waals surface area contributed by atoms with E-state index in [1.54, 1.807) is 0 Å². The fourth-order valence-electron chi connectivity index (χ4n) is 3.26. The van der Waals surface area contributed by atoms with Gasteiger partial charge in [-0.25, -0.2) is 13.9 Å². The van der Waals surface area contributed by atoms with Crippen molar-refractivity contribution in [2.24, 2.45) is 0 Å². The number of halogens is 3. The molecule has 3 rings (SSSR count). The van der Waals surface area contributed by atoms with E-state index in [0.29, 0.717) is 0 Å². The molecule has 8 nitrogen and oxygen atoms in total. The number of amides is 1. The Hall–Kier alpha value is -2.83. The molecule has 0 radical (unpaired) electrons. The van der Waals surface area contributed by atoms with Crippen LogP contribution in [0.4, 0.5) is 13.2 Å². The van der Waals surface area contributed by atoms with Crippen LogP contribution in [0.2, 0.25) is 0 Å². The van der Waals surface area contributed by atoms with Gasteiger partial charge in [-0.05, 0) is 49.2 Å². The minimum Gasteiger partial charge on any atom is -0.507 e. The fraction of sp³-hybridized carbons (Fsp3) is 0.316. The van der Waals surface area contributed by atoms with Gasteiger partial charge in [0.1, 0.15) is 23.2 Å². The lowest BCUT2D eigenvalue weighted by Crippen LogP contribution is -2.42. The van der Waals surface area contributed by atoms with E-state index in [-0.39, 0.29) is 31.7 Å². The summed E-state index contributed by atoms with van der Waals surface area (Å²) in [4.78, 5) is 11.4. The highest BCUT2D eigenvalue weighted by Crippen LogP contribution is 2.32. The second-order valence-corrected chi connectivity index (χ2v) is 8.74. The normalized spacial score (nSPS) is 16.1. The highest BCUT2D eigenvalue weighted by atomic mass is 32.2. The number of piperidine rings is 1. The van der Waals surface area contributed by atoms with Gasteiger partial charge in [0.25, 0.3) is 5.91 Å². The van der Waals surface area contributed by atoms with Crippen molar-refractivity contribution < 1.29 is 41.4 Å². The second kappa shape index (κ2) is 8.73. The lowest BCUT2D eigenvalue weighted by Gasteiger charge is -2.31. The van der Waals surface area contributed by atoms with Gasteiger partial charge in [0.2, 0.25) is 10.0 Å². The third-order valence-corrected chi connectivity index (χ3v) is 6.78. The molecule has 0 spiro atoms. The van der Waals surface area contributed by atoms with E-state index in [4.69, 9.17) is 9.94 Å². The number of benzene rings is 2. The molecule has 0 saturated carbocycles. The van der Waals surface area contributed by atoms with E-state index in [0.717, 1.165) is 28.6 Å². The van der Waals surface area contributed by atoms with Gasteiger partial charge in [-0.2, -0.15) is 17.5 Å². The van der Waals surface area contributed by atoms with Gasteiger partial charge in [-0.1, -0.05) is 6.07 Å². The number of nitrogens with zero attached hydrogens (tertiary/aromatic N) is 1. The molecule has 2 aromatic rings. The molecule has 168 valence electrons. The van der Waals surface area contributed by atoms with Crippen LogP contribution in [0, 0.1) is 0 Å². The minimum absolute atomic E-state index is 0.0312. The molecular weight excluding hydrogens is 441 g/mol. The summed E-state index contributed by atoms with van der Waals surface area (Å²) in [6.07, 6.45) is -4.33. The zero-order valence-corrected chi connectivity index (χ0v) is 16.8. The number of rotatable bonds is 5. The number of carbonyl (C=O) groups is 1. The van der Waals surface area contributed by atoms with Gasteiger partial charge >= 0.3 is 6.18 Å². The summed E-state index contributed by atoms with van der Waals surface area (Å²) in [6, 6.07) is 7.75. The third-order valence-electron chi connectivity index (χ3n) is 4.84. The molecule has 0 unspecified atom stereocenters. The van der Waals surface area contributed by atoms with Crippen molar-refractivity contribution in [2.75, 3.05) is 13.1 Å². The standard InChI is InChI=1S/C19H19F3N2O6S/c20-19(21,22)12-4-6-13(7-5-12)30-14-8-10-24(11-9-14)31(28,29)16-3-1-2-15(25)17(16)18(26)23-27/h1-7,14,25,27H,8-11H2,(H,23,26). The zero-order valence-electron chi connectivity index (χ0n) is 16.0. The first kappa shape index (κ1) is 22.8. The highest BCUT2D eigenvalue weighted by Gasteiger charge is 2.34. The maximum absolute atomic E-state index is 13.0. The number of nitrogens with one attached hydrogen (secondary N) is 1. The number of aromatic hydroxyl groups is 1. The van der Waals surface area contributed by atoms with Gasteiger partial charge < -0.3 is 9.84 Å². The maximum Gasteiger partial charge on any atom is 0.416 e. The summed E-state index contributed by atoms with van der Waals surface area (Å²) in [5.74, 6) is -1.53. The van der Waals surface area contributed by atoms with Crippen LogP contribution in [0.25, 0.3) is 0 Å². The predicted octanol–water partition coefficient (Wildman–Crippen LogP) is 2.76. The number of carbonyl (C=O) groups excluding carboxylic acids is 1. The maximum atomic E-state index is 13.0. The molecule has 1 aliphatic heterocycles. The molecule has 1 heterocycles. The number of alkyl halides is 3. The Morgan fingerprint density at radius 1 is 1.10 bits per heavy atom. The second-order valence-electron chi connectivity index (χ2n) is 6.83. The van der Waals surface area contributed by atoms with Gasteiger partial charge in [0.05, 0.1) is 10.5 Å². The molecular formula is C19H19F3N2O6S. The number of hydroxylamine groups is 1. The Morgan fingerprint density at radius 3 is 2.26 bits per heavy atom. The number of phenols is 1. The molecule has 0 atom stereocenters. The molecule has 0 bridgehead atoms. The van der Waals surface area contributed by atoms with E-state index in [1.807, 2.05) is 0 Å². The average Bonchev–Trinajstić information content (AvgIpc) is 2.73. The molecule has 31 heavy (non-hydrogen) atoms. The Morgan fingerprint density at radius 2 is 1.71 bits per heavy atom. The van der Waals surface area contributed by atoms with E-state index in [1.165, 1.54) is 23.7 Å². The first-order valence-corrected chi connectivity index (χ1v) is 10.6. The molecule has 2 aromatic carbocycles. The summed E-state index contributed by atoms with van der Waals surface area (Å²) in [5.41, 5.74) is -0.0597. The average molecular weight is 460 g/mol. The predicted molar refractivity (Wildman–Crippen MR) is 101 cm³/mol. The highest BCUT2D eigenvalue weighted by molar-refractivity contribution is 7.89. The van der Waals surface area contributed by atoms with Gasteiger partial charge in [0, 0.05) is 13.1 Å². The monoisotopic (exact) mass is 460 g/mol. The first-order valence-electron chi connectivity index (χ1n) is 9.14. The van der Waals surface area contributed by atoms with Crippen molar-refractivity contribution in [2.45, 2.75) is 30.0 Å². The summed E-state index contributed by atoms with van der Waals surface area (Å²) >= 11 is 0. The number of sulfonamides is 1. The summed E-state index contributed by atoms with van der Waals surface area (Å²) in [7, 11) is -4.17. The lowest BCUT2D eigenvalue weighted by molar-refractivity contribution is -0.137. The van der Waals surface area contributed by atoms with Crippen LogP contribution in [0.1, 0.15) is 28.8 Å². The number of hydrogen-bond donors (Lipinski definition) is 3. The zero-order chi connectivity index (χ0) is 22.8. The van der Waals surface area contributed by atoms with Crippen LogP contribution in [0.3, 0.4) is 0 Å². The number of ether oxygens (including phenoxy) is 1. The van der Waals surface area contributed by atoms with E-state index >= 15 is 0 Å². The smallest absolute Gasteiger partial charge is 0.416 e. The SMILES string of the molecule is O=C(NO)c1c(O)cccc1S(=O)(=O)N1CCC(Oc2ccc(C(F)(F)F)cc2)CC1. The van der Waals surface area contributed by atoms with Gasteiger partial charge in [0.15, 0.2) is 0 Å². The van der Waals surface area contributed by atoms with Crippen molar-refractivity contribution in [3.63, 3.8) is 0 Å². The topological polar surface area (TPSA) is 116 Å². The van der Waals surface area contributed by atoms with Crippen LogP contribution in [-0.4, -0.2) is 48.1 Å². The molecule has 0 aromatic heterocycles. The number of hydrogen-bond acceptors (Lipinski definition) is 6. The largest absolute Gasteiger partial charge is 0.507 e. The van der Waals surface area contributed by atoms with Crippen LogP contribution < -0.4 is 10.2 Å². The van der Waals surface area contributed by atoms with Crippen LogP contribution in [-0.2, 0) is 16.2 Å². The molecule has 1 saturated heterocycles. The molecule has 1 amide bonds. The van der Waals surface area contributed by atoms with Crippen molar-refractivity contribution in [1.82, 2.24) is 9.79 Å². The minimum atomic E-state index is -4.45. The lowest BCUT2D eigenvalue weighted by atomic mass is 10.1. The van der Waals surface area contributed by atoms with E-state index in [2.05, 4.69) is 0 Å². The summed E-state index contributed by atoms with van der Waals surface area (Å²) < 4.78 is 70.7. The molecule has 1 aliphatic rings. The van der Waals surface area contributed by atoms with Crippen LogP contribution in [0.5, 0.6) is 11.5 Å². The van der Waals surface area contributed by atoms with Crippen molar-refractivity contribution >= 4 is 15.9 Å². The van der Waals surface area contributed by atoms with Crippen LogP contribution >= 0.6 is 0 Å². The van der Waals surface area contributed by atoms with Gasteiger partial charge in [-0.3, -0.25) is 10.0 Å². The molecule has 0 aliphatic carbocycles. The van der Waals surface area contributed by atoms with Crippen molar-refractivity contribution in [1.29, 1.82) is 0 Å². The van der Waals surface area contributed by atoms with E-state index < -0.39 is 50.0 Å². The molecule has 12 heteroatoms.